The fourth-order valence-corrected chi connectivity index (χ4v) is 7.00. The smallest absolute Gasteiger partial charge is 0.254 e. The molecule has 10 heteroatoms. The molecule has 0 saturated heterocycles. The summed E-state index contributed by atoms with van der Waals surface area (Å²) in [6.45, 7) is 9.38. The van der Waals surface area contributed by atoms with Crippen molar-refractivity contribution < 1.29 is 19.7 Å². The zero-order chi connectivity index (χ0) is 26.1. The second-order valence-electron chi connectivity index (χ2n) is 10.5. The molecule has 36 heavy (non-hydrogen) atoms. The standard InChI is InChI=1S/C26H36N2O6S2/c1-25(2,27-21(29)15-19-17(23(27)31)5-13-35-19)7-9-33-11-12-34-10-8-26(3,4)28-22(30)16-20-18(24(28)32)6-14-36-20/h15-16,31-32H,5-14H2,1-4H3. The number of rotatable bonds is 11. The van der Waals surface area contributed by atoms with Gasteiger partial charge in [0.1, 0.15) is 0 Å². The number of ether oxygens (including phenoxy) is 2. The van der Waals surface area contributed by atoms with E-state index in [1.165, 1.54) is 9.13 Å². The van der Waals surface area contributed by atoms with Crippen LogP contribution >= 0.6 is 23.5 Å². The molecule has 0 atom stereocenters. The third-order valence-electron chi connectivity index (χ3n) is 7.03. The Morgan fingerprint density at radius 1 is 0.750 bits per heavy atom. The van der Waals surface area contributed by atoms with Crippen LogP contribution in [0, 0.1) is 0 Å². The molecule has 2 aromatic rings. The highest BCUT2D eigenvalue weighted by Crippen LogP contribution is 2.38. The van der Waals surface area contributed by atoms with E-state index >= 15 is 0 Å². The molecular formula is C26H36N2O6S2. The van der Waals surface area contributed by atoms with Crippen molar-refractivity contribution in [2.75, 3.05) is 37.9 Å². The SMILES string of the molecule is CC(C)(CCOCCOCCC(C)(C)n1c(O)c2c(cc1=O)SCC2)n1c(O)c2c(cc1=O)SCC2. The Labute approximate surface area is 220 Å². The van der Waals surface area contributed by atoms with Gasteiger partial charge in [0.2, 0.25) is 0 Å². The predicted octanol–water partition coefficient (Wildman–Crippen LogP) is 3.70. The third-order valence-corrected chi connectivity index (χ3v) is 9.19. The lowest BCUT2D eigenvalue weighted by atomic mass is 9.99. The molecule has 8 nitrogen and oxygen atoms in total. The number of hydrogen-bond acceptors (Lipinski definition) is 8. The Bertz CT molecular complexity index is 1140. The van der Waals surface area contributed by atoms with E-state index in [1.807, 2.05) is 27.7 Å². The Hall–Kier alpha value is -1.88. The molecule has 2 aromatic heterocycles. The van der Waals surface area contributed by atoms with Crippen LogP contribution in [0.1, 0.15) is 51.7 Å². The molecule has 0 spiro atoms. The van der Waals surface area contributed by atoms with E-state index in [0.717, 1.165) is 45.3 Å². The third kappa shape index (κ3) is 5.51. The van der Waals surface area contributed by atoms with Crippen molar-refractivity contribution in [3.63, 3.8) is 0 Å². The zero-order valence-electron chi connectivity index (χ0n) is 21.5. The highest BCUT2D eigenvalue weighted by Gasteiger charge is 2.30. The first kappa shape index (κ1) is 27.2. The number of nitrogens with zero attached hydrogens (tertiary/aromatic N) is 2. The van der Waals surface area contributed by atoms with E-state index < -0.39 is 11.1 Å². The summed E-state index contributed by atoms with van der Waals surface area (Å²) >= 11 is 3.22. The highest BCUT2D eigenvalue weighted by molar-refractivity contribution is 7.99. The maximum absolute atomic E-state index is 12.6. The molecule has 0 aromatic carbocycles. The predicted molar refractivity (Wildman–Crippen MR) is 143 cm³/mol. The molecule has 2 N–H and O–H groups in total. The van der Waals surface area contributed by atoms with Crippen LogP contribution in [0.2, 0.25) is 0 Å². The molecule has 0 amide bonds. The first-order valence-electron chi connectivity index (χ1n) is 12.4. The summed E-state index contributed by atoms with van der Waals surface area (Å²) in [5.74, 6) is 1.92. The van der Waals surface area contributed by atoms with Crippen LogP contribution < -0.4 is 11.1 Å². The molecule has 0 fully saturated rings. The van der Waals surface area contributed by atoms with Crippen LogP contribution in [0.4, 0.5) is 0 Å². The van der Waals surface area contributed by atoms with Gasteiger partial charge in [0.25, 0.3) is 11.1 Å². The van der Waals surface area contributed by atoms with Gasteiger partial charge in [-0.3, -0.25) is 18.7 Å². The van der Waals surface area contributed by atoms with Gasteiger partial charge in [-0.15, -0.1) is 23.5 Å². The molecule has 2 aliphatic rings. The molecule has 4 rings (SSSR count). The number of fused-ring (bicyclic) bond motifs is 2. The molecule has 0 saturated carbocycles. The van der Waals surface area contributed by atoms with Crippen molar-refractivity contribution in [1.29, 1.82) is 0 Å². The summed E-state index contributed by atoms with van der Waals surface area (Å²) < 4.78 is 14.5. The summed E-state index contributed by atoms with van der Waals surface area (Å²) in [5, 5.41) is 21.4. The Kier molecular flexibility index (Phi) is 8.19. The first-order valence-corrected chi connectivity index (χ1v) is 14.4. The van der Waals surface area contributed by atoms with Gasteiger partial charge in [0.05, 0.1) is 13.2 Å². The van der Waals surface area contributed by atoms with Gasteiger partial charge >= 0.3 is 0 Å². The van der Waals surface area contributed by atoms with Crippen LogP contribution in [0.25, 0.3) is 0 Å². The molecule has 0 bridgehead atoms. The number of thioether (sulfide) groups is 2. The van der Waals surface area contributed by atoms with Gasteiger partial charge in [0.15, 0.2) is 11.8 Å². The topological polar surface area (TPSA) is 103 Å². The van der Waals surface area contributed by atoms with Gasteiger partial charge in [-0.05, 0) is 53.4 Å². The Morgan fingerprint density at radius 3 is 1.53 bits per heavy atom. The minimum Gasteiger partial charge on any atom is -0.494 e. The fourth-order valence-electron chi connectivity index (χ4n) is 4.84. The first-order chi connectivity index (χ1) is 17.0. The van der Waals surface area contributed by atoms with Crippen LogP contribution in [0.3, 0.4) is 0 Å². The number of aromatic nitrogens is 2. The van der Waals surface area contributed by atoms with Gasteiger partial charge in [-0.2, -0.15) is 0 Å². The molecule has 4 heterocycles. The molecular weight excluding hydrogens is 500 g/mol. The van der Waals surface area contributed by atoms with Crippen molar-refractivity contribution in [1.82, 2.24) is 9.13 Å². The zero-order valence-corrected chi connectivity index (χ0v) is 23.1. The number of aromatic hydroxyl groups is 2. The van der Waals surface area contributed by atoms with Crippen molar-refractivity contribution in [2.24, 2.45) is 0 Å². The summed E-state index contributed by atoms with van der Waals surface area (Å²) in [6, 6.07) is 3.25. The van der Waals surface area contributed by atoms with Crippen LogP contribution in [0.15, 0.2) is 31.5 Å². The number of hydrogen-bond donors (Lipinski definition) is 2. The molecule has 0 aliphatic carbocycles. The average molecular weight is 537 g/mol. The summed E-state index contributed by atoms with van der Waals surface area (Å²) in [7, 11) is 0. The monoisotopic (exact) mass is 536 g/mol. The largest absolute Gasteiger partial charge is 0.494 e. The molecule has 2 aliphatic heterocycles. The van der Waals surface area contributed by atoms with Crippen molar-refractivity contribution in [3.05, 3.63) is 44.0 Å². The van der Waals surface area contributed by atoms with E-state index in [2.05, 4.69) is 0 Å². The maximum Gasteiger partial charge on any atom is 0.254 e. The minimum absolute atomic E-state index is 0.0747. The van der Waals surface area contributed by atoms with Gasteiger partial charge in [0, 0.05) is 68.8 Å². The van der Waals surface area contributed by atoms with E-state index in [4.69, 9.17) is 9.47 Å². The van der Waals surface area contributed by atoms with Crippen molar-refractivity contribution >= 4 is 23.5 Å². The van der Waals surface area contributed by atoms with E-state index in [-0.39, 0.29) is 22.9 Å². The summed E-state index contributed by atoms with van der Waals surface area (Å²) in [4.78, 5) is 27.0. The highest BCUT2D eigenvalue weighted by atomic mass is 32.2. The summed E-state index contributed by atoms with van der Waals surface area (Å²) in [6.07, 6.45) is 2.68. The van der Waals surface area contributed by atoms with Crippen molar-refractivity contribution in [3.8, 4) is 11.8 Å². The Morgan fingerprint density at radius 2 is 1.14 bits per heavy atom. The lowest BCUT2D eigenvalue weighted by Crippen LogP contribution is -2.37. The maximum atomic E-state index is 12.6. The molecule has 0 unspecified atom stereocenters. The van der Waals surface area contributed by atoms with Crippen molar-refractivity contribution in [2.45, 2.75) is 74.2 Å². The quantitative estimate of drug-likeness (QED) is 0.419. The van der Waals surface area contributed by atoms with Crippen LogP contribution in [0.5, 0.6) is 11.8 Å². The van der Waals surface area contributed by atoms with E-state index in [1.54, 1.807) is 35.7 Å². The van der Waals surface area contributed by atoms with Gasteiger partial charge in [-0.25, -0.2) is 0 Å². The average Bonchev–Trinajstić information content (AvgIpc) is 3.44. The second-order valence-corrected chi connectivity index (χ2v) is 12.8. The normalized spacial score (nSPS) is 15.3. The minimum atomic E-state index is -0.585. The van der Waals surface area contributed by atoms with Gasteiger partial charge < -0.3 is 19.7 Å². The lowest BCUT2D eigenvalue weighted by molar-refractivity contribution is 0.0289. The fraction of sp³-hybridized carbons (Fsp3) is 0.615. The van der Waals surface area contributed by atoms with Crippen LogP contribution in [-0.2, 0) is 33.4 Å². The second kappa shape index (κ2) is 10.8. The summed E-state index contributed by atoms with van der Waals surface area (Å²) in [5.41, 5.74) is 0.168. The molecule has 0 radical (unpaired) electrons. The Balaban J connectivity index is 1.22. The van der Waals surface area contributed by atoms with Gasteiger partial charge in [-0.1, -0.05) is 0 Å². The van der Waals surface area contributed by atoms with E-state index in [0.29, 0.717) is 39.3 Å². The number of pyridine rings is 2. The lowest BCUT2D eigenvalue weighted by Gasteiger charge is -2.29. The van der Waals surface area contributed by atoms with Crippen LogP contribution in [-0.4, -0.2) is 57.3 Å². The molecule has 198 valence electrons. The van der Waals surface area contributed by atoms with E-state index in [9.17, 15) is 19.8 Å².